The lowest BCUT2D eigenvalue weighted by molar-refractivity contribution is -0.301. The lowest BCUT2D eigenvalue weighted by Gasteiger charge is -2.42. The summed E-state index contributed by atoms with van der Waals surface area (Å²) in [6.45, 7) is 7.19. The van der Waals surface area contributed by atoms with Crippen LogP contribution in [0.2, 0.25) is 0 Å². The van der Waals surface area contributed by atoms with E-state index in [-0.39, 0.29) is 32.5 Å². The first-order chi connectivity index (χ1) is 22.4. The Bertz CT molecular complexity index is 874. The van der Waals surface area contributed by atoms with Crippen molar-refractivity contribution in [3.05, 3.63) is 0 Å². The molecular formula is C34H62O13. The topological polar surface area (TPSA) is 202 Å². The highest BCUT2D eigenvalue weighted by molar-refractivity contribution is 5.72. The van der Waals surface area contributed by atoms with Gasteiger partial charge in [-0.25, -0.2) is 0 Å². The third-order valence-corrected chi connectivity index (χ3v) is 9.37. The van der Waals surface area contributed by atoms with E-state index in [1.54, 1.807) is 6.92 Å². The Morgan fingerprint density at radius 3 is 1.72 bits per heavy atom. The van der Waals surface area contributed by atoms with E-state index in [0.717, 1.165) is 64.2 Å². The maximum Gasteiger partial charge on any atom is 0.308 e. The summed E-state index contributed by atoms with van der Waals surface area (Å²) < 4.78 is 28.8. The molecule has 0 amide bonds. The molecular weight excluding hydrogens is 616 g/mol. The SMILES string of the molecule is CCCCCCCC(CCCCCCC)(CC(=O)O)OC(=O)CCOC1OC(C)[C@H](O)C(O)[C@@H]1CCOC1OC(C)[C@H](O)C(O)[C@H]1O. The summed E-state index contributed by atoms with van der Waals surface area (Å²) in [6, 6.07) is 0. The molecule has 2 aliphatic heterocycles. The van der Waals surface area contributed by atoms with Crippen LogP contribution in [0.3, 0.4) is 0 Å². The van der Waals surface area contributed by atoms with Crippen LogP contribution in [-0.4, -0.2) is 117 Å². The summed E-state index contributed by atoms with van der Waals surface area (Å²) >= 11 is 0. The van der Waals surface area contributed by atoms with E-state index in [4.69, 9.17) is 23.7 Å². The van der Waals surface area contributed by atoms with Gasteiger partial charge in [-0.15, -0.1) is 0 Å². The quantitative estimate of drug-likeness (QED) is 0.0680. The van der Waals surface area contributed by atoms with Gasteiger partial charge in [-0.1, -0.05) is 65.2 Å². The predicted molar refractivity (Wildman–Crippen MR) is 171 cm³/mol. The zero-order valence-electron chi connectivity index (χ0n) is 28.8. The highest BCUT2D eigenvalue weighted by Gasteiger charge is 2.45. The molecule has 0 saturated carbocycles. The monoisotopic (exact) mass is 678 g/mol. The van der Waals surface area contributed by atoms with Crippen molar-refractivity contribution >= 4 is 11.9 Å². The summed E-state index contributed by atoms with van der Waals surface area (Å²) in [5, 5.41) is 61.2. The van der Waals surface area contributed by atoms with Gasteiger partial charge in [-0.2, -0.15) is 0 Å². The van der Waals surface area contributed by atoms with Gasteiger partial charge in [0.05, 0.1) is 44.4 Å². The molecule has 6 unspecified atom stereocenters. The lowest BCUT2D eigenvalue weighted by Crippen LogP contribution is -2.57. The number of aliphatic carboxylic acids is 1. The highest BCUT2D eigenvalue weighted by atomic mass is 16.7. The first kappa shape index (κ1) is 41.7. The zero-order valence-corrected chi connectivity index (χ0v) is 28.8. The van der Waals surface area contributed by atoms with Crippen LogP contribution in [0.4, 0.5) is 0 Å². The molecule has 6 N–H and O–H groups in total. The van der Waals surface area contributed by atoms with Crippen LogP contribution in [0.1, 0.15) is 124 Å². The van der Waals surface area contributed by atoms with Crippen LogP contribution in [0.15, 0.2) is 0 Å². The van der Waals surface area contributed by atoms with Crippen molar-refractivity contribution < 1.29 is 63.9 Å². The summed E-state index contributed by atoms with van der Waals surface area (Å²) in [7, 11) is 0. The fourth-order valence-corrected chi connectivity index (χ4v) is 6.39. The number of ether oxygens (including phenoxy) is 5. The molecule has 13 heteroatoms. The van der Waals surface area contributed by atoms with Gasteiger partial charge in [0, 0.05) is 5.92 Å². The molecule has 2 fully saturated rings. The molecule has 0 aromatic rings. The van der Waals surface area contributed by atoms with Gasteiger partial charge < -0.3 is 54.3 Å². The molecule has 0 aromatic carbocycles. The standard InChI is InChI=1S/C34H62O13/c1-5-7-9-11-13-17-34(21-25(35)36,18-14-12-10-8-6-2)47-26(37)16-20-43-32-24(29(40)27(38)22(3)45-32)15-19-44-33-31(42)30(41)28(39)23(4)46-33/h22-24,27-33,38-42H,5-21H2,1-4H3,(H,35,36)/t22?,23?,24-,27-,28-,29?,30?,31+,32?,33?/m0/s1. The molecule has 0 radical (unpaired) electrons. The van der Waals surface area contributed by atoms with Gasteiger partial charge in [0.15, 0.2) is 12.6 Å². The minimum Gasteiger partial charge on any atom is -0.481 e. The van der Waals surface area contributed by atoms with Crippen molar-refractivity contribution in [3.8, 4) is 0 Å². The third kappa shape index (κ3) is 13.8. The molecule has 2 aliphatic rings. The maximum absolute atomic E-state index is 13.1. The summed E-state index contributed by atoms with van der Waals surface area (Å²) in [6.07, 6.45) is 0.102. The fraction of sp³-hybridized carbons (Fsp3) is 0.941. The van der Waals surface area contributed by atoms with Crippen LogP contribution in [-0.2, 0) is 33.3 Å². The van der Waals surface area contributed by atoms with Crippen LogP contribution >= 0.6 is 0 Å². The lowest BCUT2D eigenvalue weighted by atomic mass is 9.86. The molecule has 10 atom stereocenters. The second-order valence-electron chi connectivity index (χ2n) is 13.4. The average molecular weight is 679 g/mol. The number of carboxylic acids is 1. The van der Waals surface area contributed by atoms with Crippen LogP contribution in [0.5, 0.6) is 0 Å². The Morgan fingerprint density at radius 2 is 1.17 bits per heavy atom. The van der Waals surface area contributed by atoms with E-state index < -0.39 is 78.8 Å². The largest absolute Gasteiger partial charge is 0.481 e. The minimum atomic E-state index is -1.49. The molecule has 47 heavy (non-hydrogen) atoms. The molecule has 2 saturated heterocycles. The van der Waals surface area contributed by atoms with E-state index in [1.807, 2.05) is 0 Å². The molecule has 0 bridgehead atoms. The second-order valence-corrected chi connectivity index (χ2v) is 13.4. The van der Waals surface area contributed by atoms with Crippen molar-refractivity contribution in [2.24, 2.45) is 5.92 Å². The van der Waals surface area contributed by atoms with E-state index in [9.17, 15) is 40.2 Å². The van der Waals surface area contributed by atoms with Crippen LogP contribution < -0.4 is 0 Å². The fourth-order valence-electron chi connectivity index (χ4n) is 6.39. The van der Waals surface area contributed by atoms with Crippen molar-refractivity contribution in [2.75, 3.05) is 13.2 Å². The van der Waals surface area contributed by atoms with Crippen molar-refractivity contribution in [1.82, 2.24) is 0 Å². The highest BCUT2D eigenvalue weighted by Crippen LogP contribution is 2.33. The number of carboxylic acid groups (broad SMARTS) is 1. The van der Waals surface area contributed by atoms with Crippen molar-refractivity contribution in [3.63, 3.8) is 0 Å². The Hall–Kier alpha value is -1.42. The van der Waals surface area contributed by atoms with Crippen molar-refractivity contribution in [1.29, 1.82) is 0 Å². The predicted octanol–water partition coefficient (Wildman–Crippen LogP) is 3.19. The first-order valence-electron chi connectivity index (χ1n) is 17.7. The van der Waals surface area contributed by atoms with E-state index >= 15 is 0 Å². The van der Waals surface area contributed by atoms with Gasteiger partial charge in [0.2, 0.25) is 0 Å². The molecule has 13 nitrogen and oxygen atoms in total. The third-order valence-electron chi connectivity index (χ3n) is 9.37. The molecule has 0 aliphatic carbocycles. The number of carbonyl (C=O) groups excluding carboxylic acids is 1. The number of unbranched alkanes of at least 4 members (excludes halogenated alkanes) is 8. The number of rotatable bonds is 23. The zero-order chi connectivity index (χ0) is 35.0. The number of aliphatic hydroxyl groups is 5. The molecule has 0 spiro atoms. The average Bonchev–Trinajstić information content (AvgIpc) is 3.02. The second kappa shape index (κ2) is 21.6. The van der Waals surface area contributed by atoms with E-state index in [0.29, 0.717) is 12.8 Å². The summed E-state index contributed by atoms with van der Waals surface area (Å²) in [4.78, 5) is 25.1. The Labute approximate surface area is 279 Å². The van der Waals surface area contributed by atoms with Gasteiger partial charge in [0.25, 0.3) is 0 Å². The molecule has 0 aromatic heterocycles. The summed E-state index contributed by atoms with van der Waals surface area (Å²) in [5.74, 6) is -2.36. The number of esters is 1. The van der Waals surface area contributed by atoms with Gasteiger partial charge in [0.1, 0.15) is 30.0 Å². The van der Waals surface area contributed by atoms with Gasteiger partial charge in [-0.3, -0.25) is 9.59 Å². The smallest absolute Gasteiger partial charge is 0.308 e. The van der Waals surface area contributed by atoms with Crippen molar-refractivity contribution in [2.45, 2.75) is 185 Å². The maximum atomic E-state index is 13.1. The molecule has 276 valence electrons. The number of aliphatic hydroxyl groups excluding tert-OH is 5. The van der Waals surface area contributed by atoms with E-state index in [2.05, 4.69) is 13.8 Å². The Balaban J connectivity index is 2.00. The summed E-state index contributed by atoms with van der Waals surface area (Å²) in [5.41, 5.74) is -1.09. The van der Waals surface area contributed by atoms with Crippen LogP contribution in [0, 0.1) is 5.92 Å². The Kier molecular flexibility index (Phi) is 19.2. The van der Waals surface area contributed by atoms with Crippen LogP contribution in [0.25, 0.3) is 0 Å². The number of carbonyl (C=O) groups is 2. The van der Waals surface area contributed by atoms with Gasteiger partial charge >= 0.3 is 11.9 Å². The van der Waals surface area contributed by atoms with E-state index in [1.165, 1.54) is 6.92 Å². The normalized spacial score (nSPS) is 31.5. The Morgan fingerprint density at radius 1 is 0.660 bits per heavy atom. The first-order valence-corrected chi connectivity index (χ1v) is 17.7. The molecule has 2 heterocycles. The minimum absolute atomic E-state index is 0.0699. The number of hydrogen-bond acceptors (Lipinski definition) is 12. The van der Waals surface area contributed by atoms with Gasteiger partial charge in [-0.05, 0) is 46.0 Å². The molecule has 2 rings (SSSR count). The number of hydrogen-bond donors (Lipinski definition) is 6.